The summed E-state index contributed by atoms with van der Waals surface area (Å²) in [6.07, 6.45) is -1.38. The number of carbonyl (C=O) groups excluding carboxylic acids is 1. The van der Waals surface area contributed by atoms with Crippen LogP contribution in [0.4, 0.5) is 0 Å². The fourth-order valence-corrected chi connectivity index (χ4v) is 2.96. The number of hydrogen-bond acceptors (Lipinski definition) is 6. The Balaban J connectivity index is 1.94. The summed E-state index contributed by atoms with van der Waals surface area (Å²) in [4.78, 5) is 12.3. The maximum Gasteiger partial charge on any atom is 0.263 e. The van der Waals surface area contributed by atoms with Crippen LogP contribution in [0.1, 0.15) is 41.0 Å². The topological polar surface area (TPSA) is 63.2 Å². The van der Waals surface area contributed by atoms with E-state index in [4.69, 9.17) is 23.7 Å². The van der Waals surface area contributed by atoms with Crippen molar-refractivity contribution in [2.24, 2.45) is 0 Å². The molecule has 3 saturated heterocycles. The van der Waals surface area contributed by atoms with Crippen LogP contribution >= 0.6 is 0 Å². The Kier molecular flexibility index (Phi) is 2.67. The molecular formula is C13H20O6. The Labute approximate surface area is 112 Å². The molecule has 0 aromatic carbocycles. The highest BCUT2D eigenvalue weighted by Gasteiger charge is 2.71. The van der Waals surface area contributed by atoms with E-state index in [2.05, 4.69) is 0 Å². The Morgan fingerprint density at radius 2 is 1.68 bits per heavy atom. The average Bonchev–Trinajstić information content (AvgIpc) is 2.79. The second kappa shape index (κ2) is 3.77. The highest BCUT2D eigenvalue weighted by molar-refractivity contribution is 5.87. The molecule has 0 aliphatic carbocycles. The van der Waals surface area contributed by atoms with Gasteiger partial charge in [-0.1, -0.05) is 6.92 Å². The van der Waals surface area contributed by atoms with E-state index in [1.54, 1.807) is 34.6 Å². The lowest BCUT2D eigenvalue weighted by Crippen LogP contribution is -2.49. The third-order valence-electron chi connectivity index (χ3n) is 3.57. The third-order valence-corrected chi connectivity index (χ3v) is 3.57. The van der Waals surface area contributed by atoms with E-state index in [1.807, 2.05) is 0 Å². The molecule has 3 aliphatic rings. The molecule has 3 aliphatic heterocycles. The van der Waals surface area contributed by atoms with Crippen LogP contribution in [0.3, 0.4) is 0 Å². The van der Waals surface area contributed by atoms with Crippen LogP contribution in [0, 0.1) is 0 Å². The van der Waals surface area contributed by atoms with Gasteiger partial charge in [0.25, 0.3) is 5.79 Å². The minimum Gasteiger partial charge on any atom is -0.339 e. The summed E-state index contributed by atoms with van der Waals surface area (Å²) in [5, 5.41) is 0. The lowest BCUT2D eigenvalue weighted by atomic mass is 10.0. The van der Waals surface area contributed by atoms with Gasteiger partial charge in [0, 0.05) is 6.42 Å². The number of hydrogen-bond donors (Lipinski definition) is 0. The predicted octanol–water partition coefficient (Wildman–Crippen LogP) is 1.32. The quantitative estimate of drug-likeness (QED) is 0.755. The SMILES string of the molecule is CCC(=O)[C@]12O[C@H]3OC(C)(C)O[C@@H]3[C@@H]1OC(C)(C)O2. The fourth-order valence-electron chi connectivity index (χ4n) is 2.96. The molecule has 0 unspecified atom stereocenters. The Morgan fingerprint density at radius 3 is 2.32 bits per heavy atom. The summed E-state index contributed by atoms with van der Waals surface area (Å²) < 4.78 is 28.8. The number of fused-ring (bicyclic) bond motifs is 3. The molecule has 3 fully saturated rings. The van der Waals surface area contributed by atoms with Crippen molar-refractivity contribution in [3.8, 4) is 0 Å². The number of carbonyl (C=O) groups is 1. The summed E-state index contributed by atoms with van der Waals surface area (Å²) in [5.41, 5.74) is 0. The number of Topliss-reactive ketones (excluding diaryl/α,β-unsaturated/α-hetero) is 1. The van der Waals surface area contributed by atoms with Crippen molar-refractivity contribution in [1.29, 1.82) is 0 Å². The van der Waals surface area contributed by atoms with E-state index in [9.17, 15) is 4.79 Å². The third kappa shape index (κ3) is 1.86. The fraction of sp³-hybridized carbons (Fsp3) is 0.923. The van der Waals surface area contributed by atoms with Crippen molar-refractivity contribution >= 4 is 5.78 Å². The van der Waals surface area contributed by atoms with Crippen LogP contribution in [0.15, 0.2) is 0 Å². The Morgan fingerprint density at radius 1 is 1.00 bits per heavy atom. The van der Waals surface area contributed by atoms with E-state index < -0.39 is 35.9 Å². The largest absolute Gasteiger partial charge is 0.339 e. The molecule has 19 heavy (non-hydrogen) atoms. The van der Waals surface area contributed by atoms with E-state index in [0.29, 0.717) is 6.42 Å². The second-order valence-corrected chi connectivity index (χ2v) is 6.07. The predicted molar refractivity (Wildman–Crippen MR) is 63.0 cm³/mol. The highest BCUT2D eigenvalue weighted by Crippen LogP contribution is 2.51. The molecule has 3 rings (SSSR count). The standard InChI is InChI=1S/C13H20O6/c1-6-7(14)13-9(16-12(4,5)19-13)8-10(18-13)17-11(2,3)15-8/h8-10H,6H2,1-5H3/t8-,9+,10-,13-/m1/s1. The molecular weight excluding hydrogens is 252 g/mol. The molecule has 0 N–H and O–H groups in total. The van der Waals surface area contributed by atoms with Crippen molar-refractivity contribution in [1.82, 2.24) is 0 Å². The monoisotopic (exact) mass is 272 g/mol. The van der Waals surface area contributed by atoms with Gasteiger partial charge in [0.2, 0.25) is 0 Å². The normalized spacial score (nSPS) is 46.1. The first-order valence-electron chi connectivity index (χ1n) is 6.64. The minimum absolute atomic E-state index is 0.150. The Bertz CT molecular complexity index is 417. The minimum atomic E-state index is -1.40. The van der Waals surface area contributed by atoms with Crippen LogP contribution in [-0.2, 0) is 28.5 Å². The molecule has 0 saturated carbocycles. The Hall–Kier alpha value is -0.530. The maximum absolute atomic E-state index is 12.3. The molecule has 6 heteroatoms. The van der Waals surface area contributed by atoms with E-state index in [-0.39, 0.29) is 5.78 Å². The van der Waals surface area contributed by atoms with Crippen molar-refractivity contribution in [2.75, 3.05) is 0 Å². The zero-order valence-corrected chi connectivity index (χ0v) is 11.9. The van der Waals surface area contributed by atoms with Gasteiger partial charge in [0.15, 0.2) is 29.8 Å². The molecule has 6 nitrogen and oxygen atoms in total. The molecule has 3 heterocycles. The summed E-state index contributed by atoms with van der Waals surface area (Å²) in [6.45, 7) is 8.90. The number of ketones is 1. The van der Waals surface area contributed by atoms with Gasteiger partial charge in [-0.15, -0.1) is 0 Å². The van der Waals surface area contributed by atoms with Crippen LogP contribution in [-0.4, -0.2) is 41.6 Å². The van der Waals surface area contributed by atoms with E-state index in [1.165, 1.54) is 0 Å². The molecule has 108 valence electrons. The smallest absolute Gasteiger partial charge is 0.263 e. The lowest BCUT2D eigenvalue weighted by Gasteiger charge is -2.28. The van der Waals surface area contributed by atoms with Gasteiger partial charge >= 0.3 is 0 Å². The summed E-state index contributed by atoms with van der Waals surface area (Å²) in [5.74, 6) is -3.17. The maximum atomic E-state index is 12.3. The van der Waals surface area contributed by atoms with Crippen LogP contribution < -0.4 is 0 Å². The van der Waals surface area contributed by atoms with Crippen molar-refractivity contribution in [3.63, 3.8) is 0 Å². The second-order valence-electron chi connectivity index (χ2n) is 6.07. The molecule has 0 radical (unpaired) electrons. The lowest BCUT2D eigenvalue weighted by molar-refractivity contribution is -0.291. The summed E-state index contributed by atoms with van der Waals surface area (Å²) >= 11 is 0. The van der Waals surface area contributed by atoms with Gasteiger partial charge in [0.05, 0.1) is 0 Å². The van der Waals surface area contributed by atoms with Gasteiger partial charge in [-0.05, 0) is 27.7 Å². The van der Waals surface area contributed by atoms with Gasteiger partial charge in [-0.3, -0.25) is 4.79 Å². The van der Waals surface area contributed by atoms with Crippen molar-refractivity contribution < 1.29 is 28.5 Å². The van der Waals surface area contributed by atoms with Crippen molar-refractivity contribution in [3.05, 3.63) is 0 Å². The first kappa shape index (κ1) is 13.5. The van der Waals surface area contributed by atoms with Gasteiger partial charge in [0.1, 0.15) is 6.10 Å². The van der Waals surface area contributed by atoms with Crippen LogP contribution in [0.5, 0.6) is 0 Å². The first-order chi connectivity index (χ1) is 8.69. The average molecular weight is 272 g/mol. The van der Waals surface area contributed by atoms with E-state index >= 15 is 0 Å². The first-order valence-corrected chi connectivity index (χ1v) is 6.64. The van der Waals surface area contributed by atoms with Gasteiger partial charge < -0.3 is 23.7 Å². The van der Waals surface area contributed by atoms with Crippen molar-refractivity contribution in [2.45, 2.75) is 76.9 Å². The zero-order chi connectivity index (χ0) is 14.1. The summed E-state index contributed by atoms with van der Waals surface area (Å²) in [6, 6.07) is 0. The molecule has 0 aromatic rings. The molecule has 0 bridgehead atoms. The molecule has 0 amide bonds. The van der Waals surface area contributed by atoms with E-state index in [0.717, 1.165) is 0 Å². The molecule has 4 atom stereocenters. The number of rotatable bonds is 2. The molecule has 0 spiro atoms. The van der Waals surface area contributed by atoms with Crippen LogP contribution in [0.25, 0.3) is 0 Å². The van der Waals surface area contributed by atoms with Gasteiger partial charge in [-0.2, -0.15) is 0 Å². The summed E-state index contributed by atoms with van der Waals surface area (Å²) in [7, 11) is 0. The van der Waals surface area contributed by atoms with Crippen LogP contribution in [0.2, 0.25) is 0 Å². The van der Waals surface area contributed by atoms with Gasteiger partial charge in [-0.25, -0.2) is 0 Å². The number of ether oxygens (including phenoxy) is 5. The zero-order valence-electron chi connectivity index (χ0n) is 11.9. The molecule has 0 aromatic heterocycles. The highest BCUT2D eigenvalue weighted by atomic mass is 16.9.